The molecule has 2 heterocycles. The summed E-state index contributed by atoms with van der Waals surface area (Å²) in [7, 11) is -2.37. The number of aromatic nitrogens is 1. The molecule has 0 saturated carbocycles. The third kappa shape index (κ3) is 4.07. The first-order valence-corrected chi connectivity index (χ1v) is 11.6. The first-order valence-electron chi connectivity index (χ1n) is 10.2. The number of nitrogens with zero attached hydrogens (tertiary/aromatic N) is 2. The van der Waals surface area contributed by atoms with Crippen LogP contribution in [0.15, 0.2) is 50.5 Å². The average Bonchev–Trinajstić information content (AvgIpc) is 3.08. The van der Waals surface area contributed by atoms with Gasteiger partial charge in [0.15, 0.2) is 11.4 Å². The molecule has 1 aliphatic rings. The Morgan fingerprint density at radius 3 is 2.59 bits per heavy atom. The van der Waals surface area contributed by atoms with Crippen LogP contribution in [-0.2, 0) is 16.6 Å². The second-order valence-corrected chi connectivity index (χ2v) is 9.88. The number of rotatable bonds is 6. The molecule has 0 radical (unpaired) electrons. The van der Waals surface area contributed by atoms with Crippen molar-refractivity contribution in [1.29, 1.82) is 0 Å². The van der Waals surface area contributed by atoms with Crippen molar-refractivity contribution >= 4 is 26.9 Å². The molecule has 0 aliphatic carbocycles. The second-order valence-electron chi connectivity index (χ2n) is 7.94. The lowest BCUT2D eigenvalue weighted by molar-refractivity contribution is 0.0967. The molecule has 4 rings (SSSR count). The molecule has 170 valence electrons. The van der Waals surface area contributed by atoms with Gasteiger partial charge >= 0.3 is 5.76 Å². The minimum absolute atomic E-state index is 0.00715. The Labute approximate surface area is 184 Å². The smallest absolute Gasteiger partial charge is 0.420 e. The Hall–Kier alpha value is -2.98. The Bertz CT molecular complexity index is 1340. The van der Waals surface area contributed by atoms with E-state index in [9.17, 15) is 22.4 Å². The number of hydrogen-bond acceptors (Lipinski definition) is 6. The topological polar surface area (TPSA) is 98.8 Å². The van der Waals surface area contributed by atoms with E-state index in [2.05, 4.69) is 6.92 Å². The van der Waals surface area contributed by atoms with Crippen LogP contribution >= 0.6 is 0 Å². The summed E-state index contributed by atoms with van der Waals surface area (Å²) in [6.07, 6.45) is 1.58. The van der Waals surface area contributed by atoms with E-state index in [0.717, 1.165) is 23.5 Å². The molecule has 10 heteroatoms. The zero-order valence-corrected chi connectivity index (χ0v) is 18.5. The molecule has 0 spiro atoms. The minimum atomic E-state index is -3.72. The molecule has 1 saturated heterocycles. The summed E-state index contributed by atoms with van der Waals surface area (Å²) in [5.41, 5.74) is 0.317. The molecule has 0 N–H and O–H groups in total. The fourth-order valence-electron chi connectivity index (χ4n) is 3.86. The van der Waals surface area contributed by atoms with Gasteiger partial charge in [-0.25, -0.2) is 17.6 Å². The van der Waals surface area contributed by atoms with Crippen LogP contribution < -0.4 is 10.5 Å². The summed E-state index contributed by atoms with van der Waals surface area (Å²) >= 11 is 0. The highest BCUT2D eigenvalue weighted by atomic mass is 32.2. The lowest BCUT2D eigenvalue weighted by Crippen LogP contribution is -2.37. The number of halogens is 1. The maximum Gasteiger partial charge on any atom is 0.420 e. The van der Waals surface area contributed by atoms with E-state index in [1.54, 1.807) is 0 Å². The summed E-state index contributed by atoms with van der Waals surface area (Å²) in [5, 5.41) is 0. The fraction of sp³-hybridized carbons (Fsp3) is 0.364. The van der Waals surface area contributed by atoms with Gasteiger partial charge in [0.1, 0.15) is 11.6 Å². The highest BCUT2D eigenvalue weighted by molar-refractivity contribution is 7.89. The molecule has 1 aliphatic heterocycles. The molecule has 2 aromatic carbocycles. The van der Waals surface area contributed by atoms with Gasteiger partial charge in [0.05, 0.1) is 29.6 Å². The molecular weight excluding hydrogens is 439 g/mol. The van der Waals surface area contributed by atoms with Crippen LogP contribution in [0.3, 0.4) is 0 Å². The molecule has 0 amide bonds. The van der Waals surface area contributed by atoms with Crippen molar-refractivity contribution < 1.29 is 26.8 Å². The molecule has 0 bridgehead atoms. The maximum absolute atomic E-state index is 13.6. The van der Waals surface area contributed by atoms with Gasteiger partial charge in [0.2, 0.25) is 10.0 Å². The largest absolute Gasteiger partial charge is 0.496 e. The van der Waals surface area contributed by atoms with Gasteiger partial charge in [-0.3, -0.25) is 9.36 Å². The van der Waals surface area contributed by atoms with Gasteiger partial charge in [-0.2, -0.15) is 4.31 Å². The van der Waals surface area contributed by atoms with Crippen molar-refractivity contribution in [3.05, 3.63) is 58.3 Å². The summed E-state index contributed by atoms with van der Waals surface area (Å²) in [5.74, 6) is -1.32. The lowest BCUT2D eigenvalue weighted by Gasteiger charge is -2.29. The summed E-state index contributed by atoms with van der Waals surface area (Å²) in [4.78, 5) is 25.2. The molecule has 32 heavy (non-hydrogen) atoms. The third-order valence-corrected chi connectivity index (χ3v) is 7.68. The van der Waals surface area contributed by atoms with Crippen molar-refractivity contribution in [3.8, 4) is 5.75 Å². The molecule has 1 fully saturated rings. The number of Topliss-reactive ketones (excluding diaryl/α,β-unsaturated/α-hetero) is 1. The van der Waals surface area contributed by atoms with Gasteiger partial charge in [0, 0.05) is 19.2 Å². The van der Waals surface area contributed by atoms with Gasteiger partial charge in [-0.05, 0) is 49.1 Å². The highest BCUT2D eigenvalue weighted by Crippen LogP contribution is 2.26. The number of oxazole rings is 1. The molecular formula is C22H23FN2O6S. The van der Waals surface area contributed by atoms with Crippen molar-refractivity contribution in [2.75, 3.05) is 20.2 Å². The zero-order valence-electron chi connectivity index (χ0n) is 17.7. The second kappa shape index (κ2) is 8.51. The van der Waals surface area contributed by atoms with E-state index >= 15 is 0 Å². The highest BCUT2D eigenvalue weighted by Gasteiger charge is 2.29. The standard InChI is InChI=1S/C22H23FN2O6S/c1-14-7-9-24(10-8-14)32(28,29)16-4-5-18-21(12-16)31-22(27)25(18)13-19(26)17-11-15(23)3-6-20(17)30-2/h3-6,11-12,14H,7-10,13H2,1-2H3. The Kier molecular flexibility index (Phi) is 5.91. The lowest BCUT2D eigenvalue weighted by atomic mass is 10.0. The van der Waals surface area contributed by atoms with Crippen LogP contribution in [0.1, 0.15) is 30.1 Å². The number of carbonyl (C=O) groups excluding carboxylic acids is 1. The number of hydrogen-bond donors (Lipinski definition) is 0. The van der Waals surface area contributed by atoms with E-state index in [4.69, 9.17) is 9.15 Å². The first-order chi connectivity index (χ1) is 15.2. The van der Waals surface area contributed by atoms with Gasteiger partial charge < -0.3 is 9.15 Å². The molecule has 3 aromatic rings. The van der Waals surface area contributed by atoms with Gasteiger partial charge in [-0.1, -0.05) is 6.92 Å². The predicted octanol–water partition coefficient (Wildman–Crippen LogP) is 3.05. The van der Waals surface area contributed by atoms with Crippen LogP contribution in [0.2, 0.25) is 0 Å². The summed E-state index contributed by atoms with van der Waals surface area (Å²) in [6, 6.07) is 7.67. The monoisotopic (exact) mass is 462 g/mol. The quantitative estimate of drug-likeness (QED) is 0.522. The normalized spacial score (nSPS) is 15.8. The molecule has 1 aromatic heterocycles. The van der Waals surface area contributed by atoms with Crippen LogP contribution in [0.4, 0.5) is 4.39 Å². The number of methoxy groups -OCH3 is 1. The molecule has 8 nitrogen and oxygen atoms in total. The van der Waals surface area contributed by atoms with Crippen molar-refractivity contribution in [1.82, 2.24) is 8.87 Å². The molecule has 0 unspecified atom stereocenters. The van der Waals surface area contributed by atoms with Crippen LogP contribution in [0, 0.1) is 11.7 Å². The minimum Gasteiger partial charge on any atom is -0.496 e. The maximum atomic E-state index is 13.6. The van der Waals surface area contributed by atoms with E-state index in [0.29, 0.717) is 19.0 Å². The average molecular weight is 462 g/mol. The Balaban J connectivity index is 1.66. The first kappa shape index (κ1) is 22.2. The number of piperidine rings is 1. The van der Waals surface area contributed by atoms with Crippen LogP contribution in [0.5, 0.6) is 5.75 Å². The number of ketones is 1. The molecule has 0 atom stereocenters. The van der Waals surface area contributed by atoms with E-state index in [-0.39, 0.29) is 27.3 Å². The van der Waals surface area contributed by atoms with Crippen molar-refractivity contribution in [2.45, 2.75) is 31.2 Å². The van der Waals surface area contributed by atoms with E-state index < -0.39 is 33.9 Å². The van der Waals surface area contributed by atoms with Crippen molar-refractivity contribution in [2.24, 2.45) is 5.92 Å². The number of benzene rings is 2. The number of ether oxygens (including phenoxy) is 1. The van der Waals surface area contributed by atoms with E-state index in [1.807, 2.05) is 0 Å². The number of fused-ring (bicyclic) bond motifs is 1. The zero-order chi connectivity index (χ0) is 23.0. The summed E-state index contributed by atoms with van der Waals surface area (Å²) in [6.45, 7) is 2.56. The third-order valence-electron chi connectivity index (χ3n) is 5.78. The van der Waals surface area contributed by atoms with Gasteiger partial charge in [0.25, 0.3) is 0 Å². The van der Waals surface area contributed by atoms with Gasteiger partial charge in [-0.15, -0.1) is 0 Å². The number of sulfonamides is 1. The van der Waals surface area contributed by atoms with Crippen LogP contribution in [-0.4, -0.2) is 43.3 Å². The Morgan fingerprint density at radius 1 is 1.19 bits per heavy atom. The van der Waals surface area contributed by atoms with Crippen LogP contribution in [0.25, 0.3) is 11.1 Å². The Morgan fingerprint density at radius 2 is 1.91 bits per heavy atom. The summed E-state index contributed by atoms with van der Waals surface area (Å²) < 4.78 is 52.5. The number of carbonyl (C=O) groups is 1. The predicted molar refractivity (Wildman–Crippen MR) is 115 cm³/mol. The fourth-order valence-corrected chi connectivity index (χ4v) is 5.34. The SMILES string of the molecule is COc1ccc(F)cc1C(=O)Cn1c(=O)oc2cc(S(=O)(=O)N3CCC(C)CC3)ccc21. The van der Waals surface area contributed by atoms with E-state index in [1.165, 1.54) is 41.7 Å². The van der Waals surface area contributed by atoms with Crippen molar-refractivity contribution in [3.63, 3.8) is 0 Å².